The van der Waals surface area contributed by atoms with Crippen molar-refractivity contribution in [2.45, 2.75) is 38.9 Å². The van der Waals surface area contributed by atoms with E-state index >= 15 is 0 Å². The first kappa shape index (κ1) is 22.6. The number of thioether (sulfide) groups is 1. The number of aromatic amines is 1. The number of H-pyrrole nitrogens is 1. The van der Waals surface area contributed by atoms with Gasteiger partial charge < -0.3 is 5.32 Å². The second kappa shape index (κ2) is 9.91. The Kier molecular flexibility index (Phi) is 6.79. The van der Waals surface area contributed by atoms with Crippen LogP contribution in [0.2, 0.25) is 0 Å². The molecule has 33 heavy (non-hydrogen) atoms. The van der Waals surface area contributed by atoms with Gasteiger partial charge in [-0.3, -0.25) is 9.36 Å². The van der Waals surface area contributed by atoms with E-state index < -0.39 is 0 Å². The molecule has 0 bridgehead atoms. The second-order valence-corrected chi connectivity index (χ2v) is 8.77. The van der Waals surface area contributed by atoms with Crippen LogP contribution >= 0.6 is 11.8 Å². The minimum atomic E-state index is -0.278. The Hall–Kier alpha value is -3.59. The lowest BCUT2D eigenvalue weighted by Crippen LogP contribution is -2.20. The Morgan fingerprint density at radius 2 is 1.79 bits per heavy atom. The number of hydrogen-bond acceptors (Lipinski definition) is 5. The van der Waals surface area contributed by atoms with Crippen LogP contribution in [0.3, 0.4) is 0 Å². The van der Waals surface area contributed by atoms with Crippen molar-refractivity contribution in [3.63, 3.8) is 0 Å². The first-order chi connectivity index (χ1) is 15.9. The van der Waals surface area contributed by atoms with E-state index in [1.54, 1.807) is 4.57 Å². The molecule has 9 heteroatoms. The summed E-state index contributed by atoms with van der Waals surface area (Å²) in [7, 11) is 0. The molecule has 0 unspecified atom stereocenters. The maximum atomic E-state index is 12.7. The van der Waals surface area contributed by atoms with E-state index in [0.717, 1.165) is 22.6 Å². The molecule has 0 saturated carbocycles. The van der Waals surface area contributed by atoms with Crippen molar-refractivity contribution in [1.82, 2.24) is 24.5 Å². The molecule has 4 aromatic rings. The molecule has 0 aliphatic heterocycles. The molecule has 0 atom stereocenters. The van der Waals surface area contributed by atoms with Gasteiger partial charge in [-0.25, -0.2) is 14.6 Å². The first-order valence-electron chi connectivity index (χ1n) is 10.7. The summed E-state index contributed by atoms with van der Waals surface area (Å²) in [6, 6.07) is 18.0. The Labute approximate surface area is 196 Å². The van der Waals surface area contributed by atoms with Crippen LogP contribution in [-0.2, 0) is 17.8 Å². The third-order valence-electron chi connectivity index (χ3n) is 5.36. The summed E-state index contributed by atoms with van der Waals surface area (Å²) < 4.78 is 3.39. The molecular weight excluding hydrogens is 436 g/mol. The second-order valence-electron chi connectivity index (χ2n) is 7.83. The van der Waals surface area contributed by atoms with Crippen molar-refractivity contribution >= 4 is 23.4 Å². The maximum absolute atomic E-state index is 12.7. The van der Waals surface area contributed by atoms with Gasteiger partial charge in [0.2, 0.25) is 5.91 Å². The zero-order valence-corrected chi connectivity index (χ0v) is 19.6. The molecular formula is C24H26N6O2S. The lowest BCUT2D eigenvalue weighted by atomic mass is 10.1. The molecule has 4 rings (SSSR count). The van der Waals surface area contributed by atoms with Crippen molar-refractivity contribution in [2.75, 3.05) is 11.1 Å². The fourth-order valence-electron chi connectivity index (χ4n) is 3.56. The van der Waals surface area contributed by atoms with Crippen LogP contribution in [0.4, 0.5) is 5.69 Å². The van der Waals surface area contributed by atoms with Crippen molar-refractivity contribution in [1.29, 1.82) is 0 Å². The van der Waals surface area contributed by atoms with E-state index in [2.05, 4.69) is 20.6 Å². The smallest absolute Gasteiger partial charge is 0.322 e. The molecule has 0 aliphatic rings. The van der Waals surface area contributed by atoms with E-state index in [0.29, 0.717) is 23.8 Å². The number of rotatable bonds is 8. The molecule has 2 aromatic carbocycles. The normalized spacial score (nSPS) is 11.0. The van der Waals surface area contributed by atoms with Crippen molar-refractivity contribution in [3.8, 4) is 5.69 Å². The highest BCUT2D eigenvalue weighted by molar-refractivity contribution is 7.99. The highest BCUT2D eigenvalue weighted by Gasteiger charge is 2.17. The molecule has 2 heterocycles. The molecule has 2 N–H and O–H groups in total. The van der Waals surface area contributed by atoms with Crippen LogP contribution in [0.1, 0.15) is 22.5 Å². The fourth-order valence-corrected chi connectivity index (χ4v) is 4.34. The number of amides is 1. The van der Waals surface area contributed by atoms with E-state index in [1.807, 2.05) is 80.1 Å². The predicted octanol–water partition coefficient (Wildman–Crippen LogP) is 3.66. The number of benzene rings is 2. The summed E-state index contributed by atoms with van der Waals surface area (Å²) in [4.78, 5) is 24.8. The average molecular weight is 463 g/mol. The van der Waals surface area contributed by atoms with Crippen molar-refractivity contribution in [2.24, 2.45) is 0 Å². The fraction of sp³-hybridized carbons (Fsp3) is 0.250. The van der Waals surface area contributed by atoms with Gasteiger partial charge in [0.1, 0.15) is 0 Å². The molecule has 0 radical (unpaired) electrons. The van der Waals surface area contributed by atoms with Gasteiger partial charge in [0.25, 0.3) is 0 Å². The maximum Gasteiger partial charge on any atom is 0.343 e. The first-order valence-corrected chi connectivity index (χ1v) is 11.7. The average Bonchev–Trinajstić information content (AvgIpc) is 3.31. The summed E-state index contributed by atoms with van der Waals surface area (Å²) in [5.74, 6) is -0.0516. The zero-order chi connectivity index (χ0) is 23.4. The molecule has 0 saturated heterocycles. The highest BCUT2D eigenvalue weighted by Crippen LogP contribution is 2.24. The van der Waals surface area contributed by atoms with Gasteiger partial charge in [0, 0.05) is 6.54 Å². The standard InChI is InChI=1S/C24H26N6O2S/c1-16-9-11-20(12-10-16)30-18(3)22(17(2)28-30)25-21(31)15-33-24-27-26-23(32)29(24)14-13-19-7-5-4-6-8-19/h4-12H,13-15H2,1-3H3,(H,25,31)(H,26,32). The van der Waals surface area contributed by atoms with Gasteiger partial charge in [-0.15, -0.1) is 5.10 Å². The Bertz CT molecular complexity index is 1310. The molecule has 1 amide bonds. The minimum Gasteiger partial charge on any atom is -0.322 e. The van der Waals surface area contributed by atoms with E-state index in [4.69, 9.17) is 0 Å². The van der Waals surface area contributed by atoms with Gasteiger partial charge in [0.15, 0.2) is 5.16 Å². The quantitative estimate of drug-likeness (QED) is 0.390. The third kappa shape index (κ3) is 5.25. The minimum absolute atomic E-state index is 0.129. The third-order valence-corrected chi connectivity index (χ3v) is 6.33. The number of aryl methyl sites for hydroxylation is 3. The van der Waals surface area contributed by atoms with E-state index in [-0.39, 0.29) is 17.3 Å². The van der Waals surface area contributed by atoms with Crippen LogP contribution in [-0.4, -0.2) is 36.2 Å². The van der Waals surface area contributed by atoms with Gasteiger partial charge in [-0.05, 0) is 44.9 Å². The molecule has 170 valence electrons. The molecule has 2 aromatic heterocycles. The molecule has 0 aliphatic carbocycles. The van der Waals surface area contributed by atoms with Gasteiger partial charge in [-0.2, -0.15) is 5.10 Å². The van der Waals surface area contributed by atoms with Gasteiger partial charge in [-0.1, -0.05) is 59.8 Å². The van der Waals surface area contributed by atoms with Crippen molar-refractivity contribution < 1.29 is 4.79 Å². The number of nitrogens with one attached hydrogen (secondary N) is 2. The number of nitrogens with zero attached hydrogens (tertiary/aromatic N) is 4. The summed E-state index contributed by atoms with van der Waals surface area (Å²) in [6.45, 7) is 6.33. The van der Waals surface area contributed by atoms with E-state index in [1.165, 1.54) is 17.3 Å². The highest BCUT2D eigenvalue weighted by atomic mass is 32.2. The monoisotopic (exact) mass is 462 g/mol. The van der Waals surface area contributed by atoms with Crippen LogP contribution in [0, 0.1) is 20.8 Å². The van der Waals surface area contributed by atoms with E-state index in [9.17, 15) is 9.59 Å². The van der Waals surface area contributed by atoms with Crippen molar-refractivity contribution in [3.05, 3.63) is 87.6 Å². The number of hydrogen-bond donors (Lipinski definition) is 2. The summed E-state index contributed by atoms with van der Waals surface area (Å²) in [6.07, 6.45) is 0.705. The summed E-state index contributed by atoms with van der Waals surface area (Å²) >= 11 is 1.23. The zero-order valence-electron chi connectivity index (χ0n) is 18.8. The largest absolute Gasteiger partial charge is 0.343 e. The Morgan fingerprint density at radius 1 is 1.06 bits per heavy atom. The Morgan fingerprint density at radius 3 is 2.52 bits per heavy atom. The summed E-state index contributed by atoms with van der Waals surface area (Å²) in [5, 5.41) is 14.6. The molecule has 0 fully saturated rings. The number of carbonyl (C=O) groups excluding carboxylic acids is 1. The number of anilines is 1. The SMILES string of the molecule is Cc1ccc(-n2nc(C)c(NC(=O)CSc3n[nH]c(=O)n3CCc3ccccc3)c2C)cc1. The van der Waals surface area contributed by atoms with Gasteiger partial charge >= 0.3 is 5.69 Å². The van der Waals surface area contributed by atoms with Crippen LogP contribution in [0.25, 0.3) is 5.69 Å². The Balaban J connectivity index is 1.40. The predicted molar refractivity (Wildman–Crippen MR) is 130 cm³/mol. The summed E-state index contributed by atoms with van der Waals surface area (Å²) in [5.41, 5.74) is 5.27. The van der Waals surface area contributed by atoms with Crippen LogP contribution in [0.5, 0.6) is 0 Å². The van der Waals surface area contributed by atoms with Gasteiger partial charge in [0.05, 0.1) is 28.5 Å². The molecule has 8 nitrogen and oxygen atoms in total. The molecule has 0 spiro atoms. The van der Waals surface area contributed by atoms with Crippen LogP contribution < -0.4 is 11.0 Å². The number of aromatic nitrogens is 5. The lowest BCUT2D eigenvalue weighted by molar-refractivity contribution is -0.113. The van der Waals surface area contributed by atoms with Crippen LogP contribution in [0.15, 0.2) is 64.5 Å². The number of carbonyl (C=O) groups is 1. The lowest BCUT2D eigenvalue weighted by Gasteiger charge is -2.08. The topological polar surface area (TPSA) is 97.6 Å².